The van der Waals surface area contributed by atoms with E-state index in [2.05, 4.69) is 31.3 Å². The van der Waals surface area contributed by atoms with E-state index in [-0.39, 0.29) is 17.9 Å². The zero-order valence-corrected chi connectivity index (χ0v) is 16.9. The summed E-state index contributed by atoms with van der Waals surface area (Å²) in [5, 5.41) is 6.74. The fraction of sp³-hybridized carbons (Fsp3) is 0.100. The zero-order chi connectivity index (χ0) is 20.5. The van der Waals surface area contributed by atoms with Crippen LogP contribution in [0.3, 0.4) is 0 Å². The second-order valence-electron chi connectivity index (χ2n) is 6.39. The summed E-state index contributed by atoms with van der Waals surface area (Å²) in [6.07, 6.45) is 3.63. The summed E-state index contributed by atoms with van der Waals surface area (Å²) < 4.78 is 18.1. The van der Waals surface area contributed by atoms with Gasteiger partial charge >= 0.3 is 0 Å². The SMILES string of the molecule is Cc1cc(=O)c(C(=O)NCc2cn3cc(Br)ccc3n2)nn1-c1ccccc1F. The summed E-state index contributed by atoms with van der Waals surface area (Å²) in [5.74, 6) is -1.16. The lowest BCUT2D eigenvalue weighted by Gasteiger charge is -2.11. The van der Waals surface area contributed by atoms with Gasteiger partial charge in [0.05, 0.1) is 12.2 Å². The molecule has 0 spiro atoms. The number of carbonyl (C=O) groups excluding carboxylic acids is 1. The van der Waals surface area contributed by atoms with Gasteiger partial charge in [-0.05, 0) is 47.1 Å². The Morgan fingerprint density at radius 2 is 2.00 bits per heavy atom. The highest BCUT2D eigenvalue weighted by molar-refractivity contribution is 9.10. The predicted molar refractivity (Wildman–Crippen MR) is 109 cm³/mol. The van der Waals surface area contributed by atoms with E-state index >= 15 is 0 Å². The molecule has 0 aliphatic rings. The Morgan fingerprint density at radius 1 is 1.21 bits per heavy atom. The number of amides is 1. The summed E-state index contributed by atoms with van der Waals surface area (Å²) in [4.78, 5) is 29.3. The van der Waals surface area contributed by atoms with Gasteiger partial charge in [0, 0.05) is 28.6 Å². The monoisotopic (exact) mass is 455 g/mol. The van der Waals surface area contributed by atoms with Crippen molar-refractivity contribution in [3.63, 3.8) is 0 Å². The molecule has 0 saturated carbocycles. The molecular weight excluding hydrogens is 441 g/mol. The van der Waals surface area contributed by atoms with Crippen molar-refractivity contribution in [3.8, 4) is 5.69 Å². The fourth-order valence-electron chi connectivity index (χ4n) is 2.93. The minimum atomic E-state index is -0.654. The van der Waals surface area contributed by atoms with Crippen molar-refractivity contribution in [2.24, 2.45) is 0 Å². The molecule has 29 heavy (non-hydrogen) atoms. The molecule has 0 saturated heterocycles. The maximum atomic E-state index is 14.1. The lowest BCUT2D eigenvalue weighted by Crippen LogP contribution is -2.31. The quantitative estimate of drug-likeness (QED) is 0.512. The van der Waals surface area contributed by atoms with E-state index in [4.69, 9.17) is 0 Å². The number of aryl methyl sites for hydroxylation is 1. The van der Waals surface area contributed by atoms with Gasteiger partial charge in [0.1, 0.15) is 17.2 Å². The number of carbonyl (C=O) groups is 1. The van der Waals surface area contributed by atoms with Crippen LogP contribution in [-0.2, 0) is 6.54 Å². The van der Waals surface area contributed by atoms with E-state index in [0.29, 0.717) is 11.4 Å². The van der Waals surface area contributed by atoms with E-state index in [0.717, 1.165) is 10.1 Å². The van der Waals surface area contributed by atoms with Gasteiger partial charge in [0.15, 0.2) is 5.69 Å². The topological polar surface area (TPSA) is 81.3 Å². The van der Waals surface area contributed by atoms with Gasteiger partial charge in [0.25, 0.3) is 5.91 Å². The van der Waals surface area contributed by atoms with Crippen molar-refractivity contribution in [1.82, 2.24) is 24.5 Å². The third-order valence-electron chi connectivity index (χ3n) is 4.30. The van der Waals surface area contributed by atoms with Crippen molar-refractivity contribution in [2.75, 3.05) is 0 Å². The lowest BCUT2D eigenvalue weighted by atomic mass is 10.2. The molecule has 7 nitrogen and oxygen atoms in total. The molecule has 0 unspecified atom stereocenters. The van der Waals surface area contributed by atoms with Crippen molar-refractivity contribution in [3.05, 3.63) is 92.5 Å². The first-order valence-electron chi connectivity index (χ1n) is 8.69. The van der Waals surface area contributed by atoms with Crippen LogP contribution < -0.4 is 10.7 Å². The Morgan fingerprint density at radius 3 is 2.79 bits per heavy atom. The Labute approximate surface area is 173 Å². The van der Waals surface area contributed by atoms with Crippen LogP contribution in [0.5, 0.6) is 0 Å². The molecule has 0 aliphatic heterocycles. The highest BCUT2D eigenvalue weighted by Crippen LogP contribution is 2.14. The molecule has 4 rings (SSSR count). The van der Waals surface area contributed by atoms with Gasteiger partial charge in [0.2, 0.25) is 5.43 Å². The number of halogens is 2. The number of nitrogens with one attached hydrogen (secondary N) is 1. The van der Waals surface area contributed by atoms with E-state index in [9.17, 15) is 14.0 Å². The molecule has 0 bridgehead atoms. The van der Waals surface area contributed by atoms with Crippen LogP contribution in [0.15, 0.2) is 64.1 Å². The standard InChI is InChI=1S/C20H15BrFN5O2/c1-12-8-17(28)19(25-27(12)16-5-3-2-4-15(16)22)20(29)23-9-14-11-26-10-13(21)6-7-18(26)24-14/h2-8,10-11H,9H2,1H3,(H,23,29). The van der Waals surface area contributed by atoms with Crippen LogP contribution in [0.2, 0.25) is 0 Å². The highest BCUT2D eigenvalue weighted by atomic mass is 79.9. The number of hydrogen-bond donors (Lipinski definition) is 1. The van der Waals surface area contributed by atoms with Gasteiger partial charge in [-0.15, -0.1) is 0 Å². The highest BCUT2D eigenvalue weighted by Gasteiger charge is 2.17. The van der Waals surface area contributed by atoms with Gasteiger partial charge in [-0.2, -0.15) is 5.10 Å². The van der Waals surface area contributed by atoms with Crippen LogP contribution in [0, 0.1) is 12.7 Å². The molecule has 0 atom stereocenters. The number of imidazole rings is 1. The average Bonchev–Trinajstić information content (AvgIpc) is 3.09. The largest absolute Gasteiger partial charge is 0.345 e. The molecule has 0 aliphatic carbocycles. The van der Waals surface area contributed by atoms with E-state index in [1.807, 2.05) is 22.7 Å². The van der Waals surface area contributed by atoms with Crippen LogP contribution in [0.25, 0.3) is 11.3 Å². The Kier molecular flexibility index (Phi) is 4.98. The normalized spacial score (nSPS) is 11.0. The summed E-state index contributed by atoms with van der Waals surface area (Å²) in [5.41, 5.74) is 1.08. The number of nitrogens with zero attached hydrogens (tertiary/aromatic N) is 4. The van der Waals surface area contributed by atoms with Crippen molar-refractivity contribution < 1.29 is 9.18 Å². The van der Waals surface area contributed by atoms with Gasteiger partial charge in [-0.25, -0.2) is 14.1 Å². The second kappa shape index (κ2) is 7.59. The van der Waals surface area contributed by atoms with Gasteiger partial charge in [-0.1, -0.05) is 12.1 Å². The molecule has 1 N–H and O–H groups in total. The molecule has 1 amide bonds. The van der Waals surface area contributed by atoms with Gasteiger partial charge < -0.3 is 9.72 Å². The first-order chi connectivity index (χ1) is 13.9. The molecule has 3 heterocycles. The van der Waals surface area contributed by atoms with E-state index in [1.165, 1.54) is 22.9 Å². The number of hydrogen-bond acceptors (Lipinski definition) is 4. The third kappa shape index (κ3) is 3.81. The van der Waals surface area contributed by atoms with Crippen molar-refractivity contribution in [1.29, 1.82) is 0 Å². The molecule has 0 radical (unpaired) electrons. The predicted octanol–water partition coefficient (Wildman–Crippen LogP) is 3.02. The lowest BCUT2D eigenvalue weighted by molar-refractivity contribution is 0.0942. The van der Waals surface area contributed by atoms with Crippen LogP contribution >= 0.6 is 15.9 Å². The molecule has 4 aromatic rings. The number of rotatable bonds is 4. The van der Waals surface area contributed by atoms with Crippen LogP contribution in [-0.4, -0.2) is 25.1 Å². The maximum Gasteiger partial charge on any atom is 0.276 e. The Hall–Kier alpha value is -3.33. The summed E-state index contributed by atoms with van der Waals surface area (Å²) >= 11 is 3.39. The number of para-hydroxylation sites is 1. The number of benzene rings is 1. The summed E-state index contributed by atoms with van der Waals surface area (Å²) in [6.45, 7) is 1.74. The van der Waals surface area contributed by atoms with E-state index in [1.54, 1.807) is 25.3 Å². The first kappa shape index (κ1) is 19.0. The number of aromatic nitrogens is 4. The second-order valence-corrected chi connectivity index (χ2v) is 7.31. The maximum absolute atomic E-state index is 14.1. The number of pyridine rings is 1. The first-order valence-corrected chi connectivity index (χ1v) is 9.49. The molecule has 9 heteroatoms. The smallest absolute Gasteiger partial charge is 0.276 e. The molecule has 1 aromatic carbocycles. The number of fused-ring (bicyclic) bond motifs is 1. The van der Waals surface area contributed by atoms with Crippen molar-refractivity contribution in [2.45, 2.75) is 13.5 Å². The Balaban J connectivity index is 1.60. The van der Waals surface area contributed by atoms with Crippen LogP contribution in [0.1, 0.15) is 21.9 Å². The zero-order valence-electron chi connectivity index (χ0n) is 15.3. The van der Waals surface area contributed by atoms with E-state index < -0.39 is 17.2 Å². The van der Waals surface area contributed by atoms with Gasteiger partial charge in [-0.3, -0.25) is 9.59 Å². The molecular formula is C20H15BrFN5O2. The minimum Gasteiger partial charge on any atom is -0.345 e. The summed E-state index contributed by atoms with van der Waals surface area (Å²) in [7, 11) is 0. The fourth-order valence-corrected chi connectivity index (χ4v) is 3.28. The average molecular weight is 456 g/mol. The molecule has 0 fully saturated rings. The van der Waals surface area contributed by atoms with Crippen molar-refractivity contribution >= 4 is 27.5 Å². The Bertz CT molecular complexity index is 1300. The minimum absolute atomic E-state index is 0.118. The molecule has 146 valence electrons. The summed E-state index contributed by atoms with van der Waals surface area (Å²) in [6, 6.07) is 11.0. The molecule has 3 aromatic heterocycles. The van der Waals surface area contributed by atoms with Crippen LogP contribution in [0.4, 0.5) is 4.39 Å². The third-order valence-corrected chi connectivity index (χ3v) is 4.77.